The zero-order valence-electron chi connectivity index (χ0n) is 14.0. The topological polar surface area (TPSA) is 60.6 Å². The first-order chi connectivity index (χ1) is 11.7. The molecule has 2 aromatic rings. The fourth-order valence-electron chi connectivity index (χ4n) is 3.71. The molecule has 4 heterocycles. The summed E-state index contributed by atoms with van der Waals surface area (Å²) in [5, 5.41) is 4.07. The predicted octanol–water partition coefficient (Wildman–Crippen LogP) is 2.19. The van der Waals surface area contributed by atoms with Gasteiger partial charge in [-0.1, -0.05) is 5.16 Å². The lowest BCUT2D eigenvalue weighted by molar-refractivity contribution is -0.147. The highest BCUT2D eigenvalue weighted by molar-refractivity contribution is 5.10. The van der Waals surface area contributed by atoms with E-state index in [9.17, 15) is 0 Å². The molecule has 0 aliphatic carbocycles. The van der Waals surface area contributed by atoms with E-state index in [-0.39, 0.29) is 5.60 Å². The molecule has 24 heavy (non-hydrogen) atoms. The van der Waals surface area contributed by atoms with E-state index >= 15 is 0 Å². The molecule has 4 rings (SSSR count). The summed E-state index contributed by atoms with van der Waals surface area (Å²) in [6, 6.07) is 5.98. The van der Waals surface area contributed by atoms with E-state index in [1.165, 1.54) is 0 Å². The lowest BCUT2D eigenvalue weighted by atomic mass is 9.81. The molecule has 2 aromatic heterocycles. The van der Waals surface area contributed by atoms with E-state index < -0.39 is 0 Å². The minimum Gasteiger partial charge on any atom is -0.376 e. The molecule has 1 unspecified atom stereocenters. The quantitative estimate of drug-likeness (QED) is 0.809. The van der Waals surface area contributed by atoms with Crippen LogP contribution in [0.5, 0.6) is 0 Å². The van der Waals surface area contributed by atoms with Gasteiger partial charge in [-0.15, -0.1) is 0 Å². The Morgan fingerprint density at radius 1 is 1.33 bits per heavy atom. The van der Waals surface area contributed by atoms with Crippen LogP contribution in [0.1, 0.15) is 23.4 Å². The maximum absolute atomic E-state index is 6.09. The molecule has 6 nitrogen and oxygen atoms in total. The van der Waals surface area contributed by atoms with E-state index in [2.05, 4.69) is 15.0 Å². The molecule has 0 bridgehead atoms. The normalized spacial score (nSPS) is 22.8. The fourth-order valence-corrected chi connectivity index (χ4v) is 3.71. The van der Waals surface area contributed by atoms with Crippen LogP contribution in [-0.4, -0.2) is 46.9 Å². The van der Waals surface area contributed by atoms with Gasteiger partial charge in [0.25, 0.3) is 0 Å². The Kier molecular flexibility index (Phi) is 4.35. The third-order valence-electron chi connectivity index (χ3n) is 4.98. The molecule has 2 saturated heterocycles. The van der Waals surface area contributed by atoms with Crippen molar-refractivity contribution < 1.29 is 14.0 Å². The first-order valence-corrected chi connectivity index (χ1v) is 8.49. The second-order valence-corrected chi connectivity index (χ2v) is 6.84. The molecule has 2 aliphatic heterocycles. The SMILES string of the molecule is Cc1cc(CN2CC3(C2)OCCC3COCc2ccncc2)no1. The van der Waals surface area contributed by atoms with Crippen LogP contribution in [0, 0.1) is 12.8 Å². The van der Waals surface area contributed by atoms with Gasteiger partial charge >= 0.3 is 0 Å². The molecule has 0 saturated carbocycles. The van der Waals surface area contributed by atoms with Gasteiger partial charge in [-0.25, -0.2) is 0 Å². The highest BCUT2D eigenvalue weighted by Crippen LogP contribution is 2.40. The number of ether oxygens (including phenoxy) is 2. The number of hydrogen-bond acceptors (Lipinski definition) is 6. The van der Waals surface area contributed by atoms with Crippen LogP contribution in [0.25, 0.3) is 0 Å². The van der Waals surface area contributed by atoms with Crippen LogP contribution in [0.2, 0.25) is 0 Å². The minimum atomic E-state index is -0.0307. The van der Waals surface area contributed by atoms with E-state index in [1.807, 2.05) is 25.1 Å². The van der Waals surface area contributed by atoms with Crippen LogP contribution < -0.4 is 0 Å². The molecule has 1 atom stereocenters. The van der Waals surface area contributed by atoms with Gasteiger partial charge in [0.15, 0.2) is 0 Å². The average Bonchev–Trinajstić information content (AvgIpc) is 3.15. The van der Waals surface area contributed by atoms with Crippen molar-refractivity contribution >= 4 is 0 Å². The van der Waals surface area contributed by atoms with Gasteiger partial charge < -0.3 is 14.0 Å². The summed E-state index contributed by atoms with van der Waals surface area (Å²) in [5.41, 5.74) is 2.12. The number of aromatic nitrogens is 2. The van der Waals surface area contributed by atoms with Crippen molar-refractivity contribution in [2.24, 2.45) is 5.92 Å². The molecular weight excluding hydrogens is 306 g/mol. The largest absolute Gasteiger partial charge is 0.376 e. The Bertz CT molecular complexity index is 667. The van der Waals surface area contributed by atoms with Crippen LogP contribution in [0.15, 0.2) is 35.1 Å². The average molecular weight is 329 g/mol. The minimum absolute atomic E-state index is 0.0307. The monoisotopic (exact) mass is 329 g/mol. The maximum Gasteiger partial charge on any atom is 0.133 e. The Morgan fingerprint density at radius 3 is 2.92 bits per heavy atom. The lowest BCUT2D eigenvalue weighted by Gasteiger charge is -2.50. The number of pyridine rings is 1. The molecule has 2 fully saturated rings. The van der Waals surface area contributed by atoms with Gasteiger partial charge in [0.2, 0.25) is 0 Å². The van der Waals surface area contributed by atoms with Crippen molar-refractivity contribution in [3.63, 3.8) is 0 Å². The van der Waals surface area contributed by atoms with Crippen molar-refractivity contribution in [1.29, 1.82) is 0 Å². The maximum atomic E-state index is 6.09. The molecular formula is C18H23N3O3. The van der Waals surface area contributed by atoms with Crippen molar-refractivity contribution in [3.05, 3.63) is 47.6 Å². The number of hydrogen-bond donors (Lipinski definition) is 0. The molecule has 0 aromatic carbocycles. The summed E-state index contributed by atoms with van der Waals surface area (Å²) < 4.78 is 17.2. The standard InChI is InChI=1S/C18H23N3O3/c1-14-8-17(20-24-14)9-21-12-18(13-21)16(4-7-23-18)11-22-10-15-2-5-19-6-3-15/h2-3,5-6,8,16H,4,7,9-13H2,1H3. The number of aryl methyl sites for hydroxylation is 1. The molecule has 2 aliphatic rings. The summed E-state index contributed by atoms with van der Waals surface area (Å²) in [5.74, 6) is 1.33. The summed E-state index contributed by atoms with van der Waals surface area (Å²) >= 11 is 0. The van der Waals surface area contributed by atoms with Crippen molar-refractivity contribution in [2.45, 2.75) is 32.1 Å². The second kappa shape index (κ2) is 6.63. The van der Waals surface area contributed by atoms with Gasteiger partial charge in [0, 0.05) is 50.6 Å². The van der Waals surface area contributed by atoms with Crippen molar-refractivity contribution in [2.75, 3.05) is 26.3 Å². The highest BCUT2D eigenvalue weighted by Gasteiger charge is 2.52. The van der Waals surface area contributed by atoms with Crippen LogP contribution in [0.4, 0.5) is 0 Å². The molecule has 0 N–H and O–H groups in total. The molecule has 6 heteroatoms. The Labute approximate surface area is 141 Å². The van der Waals surface area contributed by atoms with Gasteiger partial charge in [-0.2, -0.15) is 0 Å². The first kappa shape index (κ1) is 15.7. The van der Waals surface area contributed by atoms with E-state index in [0.29, 0.717) is 12.5 Å². The molecule has 0 radical (unpaired) electrons. The van der Waals surface area contributed by atoms with Crippen LogP contribution in [-0.2, 0) is 22.6 Å². The molecule has 128 valence electrons. The number of rotatable bonds is 6. The first-order valence-electron chi connectivity index (χ1n) is 8.49. The zero-order valence-corrected chi connectivity index (χ0v) is 14.0. The van der Waals surface area contributed by atoms with E-state index in [4.69, 9.17) is 14.0 Å². The van der Waals surface area contributed by atoms with Gasteiger partial charge in [-0.3, -0.25) is 9.88 Å². The smallest absolute Gasteiger partial charge is 0.133 e. The van der Waals surface area contributed by atoms with Crippen LogP contribution in [0.3, 0.4) is 0 Å². The van der Waals surface area contributed by atoms with Gasteiger partial charge in [-0.05, 0) is 31.0 Å². The van der Waals surface area contributed by atoms with Gasteiger partial charge in [0.1, 0.15) is 5.76 Å². The highest BCUT2D eigenvalue weighted by atomic mass is 16.5. The Hall–Kier alpha value is -1.76. The van der Waals surface area contributed by atoms with Crippen LogP contribution >= 0.6 is 0 Å². The van der Waals surface area contributed by atoms with E-state index in [0.717, 1.165) is 56.3 Å². The third-order valence-corrected chi connectivity index (χ3v) is 4.98. The third kappa shape index (κ3) is 3.22. The Balaban J connectivity index is 1.26. The second-order valence-electron chi connectivity index (χ2n) is 6.84. The fraction of sp³-hybridized carbons (Fsp3) is 0.556. The summed E-state index contributed by atoms with van der Waals surface area (Å²) in [6.45, 7) is 6.86. The zero-order chi connectivity index (χ0) is 16.4. The van der Waals surface area contributed by atoms with Crippen molar-refractivity contribution in [3.8, 4) is 0 Å². The van der Waals surface area contributed by atoms with Gasteiger partial charge in [0.05, 0.1) is 24.5 Å². The summed E-state index contributed by atoms with van der Waals surface area (Å²) in [7, 11) is 0. The number of nitrogens with zero attached hydrogens (tertiary/aromatic N) is 3. The summed E-state index contributed by atoms with van der Waals surface area (Å²) in [4.78, 5) is 6.39. The molecule has 0 amide bonds. The summed E-state index contributed by atoms with van der Waals surface area (Å²) in [6.07, 6.45) is 4.68. The predicted molar refractivity (Wildman–Crippen MR) is 87.2 cm³/mol. The lowest BCUT2D eigenvalue weighted by Crippen LogP contribution is -2.64. The van der Waals surface area contributed by atoms with E-state index in [1.54, 1.807) is 12.4 Å². The van der Waals surface area contributed by atoms with Crippen molar-refractivity contribution in [1.82, 2.24) is 15.0 Å². The number of likely N-dealkylation sites (tertiary alicyclic amines) is 1. The molecule has 1 spiro atoms. The Morgan fingerprint density at radius 2 is 2.17 bits per heavy atom.